The number of nitrogens with one attached hydrogen (secondary N) is 2. The van der Waals surface area contributed by atoms with Crippen molar-refractivity contribution in [2.45, 2.75) is 13.5 Å². The van der Waals surface area contributed by atoms with E-state index in [1.807, 2.05) is 19.1 Å². The van der Waals surface area contributed by atoms with Gasteiger partial charge in [-0.25, -0.2) is 4.98 Å². The number of benzene rings is 1. The van der Waals surface area contributed by atoms with Gasteiger partial charge in [-0.05, 0) is 38.2 Å². The molecule has 94 valence electrons. The third-order valence-corrected chi connectivity index (χ3v) is 2.95. The highest BCUT2D eigenvalue weighted by molar-refractivity contribution is 6.30. The number of H-pyrrole nitrogens is 1. The molecule has 0 unspecified atom stereocenters. The van der Waals surface area contributed by atoms with Crippen molar-refractivity contribution in [2.75, 3.05) is 7.05 Å². The third kappa shape index (κ3) is 2.60. The molecule has 4 nitrogen and oxygen atoms in total. The molecule has 0 aliphatic rings. The fourth-order valence-electron chi connectivity index (χ4n) is 1.74. The molecule has 5 heteroatoms. The van der Waals surface area contributed by atoms with Crippen molar-refractivity contribution in [3.05, 3.63) is 50.9 Å². The van der Waals surface area contributed by atoms with Gasteiger partial charge < -0.3 is 10.3 Å². The van der Waals surface area contributed by atoms with E-state index in [0.29, 0.717) is 23.0 Å². The third-order valence-electron chi connectivity index (χ3n) is 2.69. The van der Waals surface area contributed by atoms with Gasteiger partial charge in [-0.1, -0.05) is 11.6 Å². The molecule has 1 heterocycles. The van der Waals surface area contributed by atoms with E-state index >= 15 is 0 Å². The number of halogens is 1. The zero-order chi connectivity index (χ0) is 13.1. The van der Waals surface area contributed by atoms with Gasteiger partial charge >= 0.3 is 0 Å². The zero-order valence-electron chi connectivity index (χ0n) is 10.2. The van der Waals surface area contributed by atoms with Gasteiger partial charge in [-0.3, -0.25) is 4.79 Å². The fraction of sp³-hybridized carbons (Fsp3) is 0.231. The molecule has 0 spiro atoms. The molecule has 0 saturated heterocycles. The minimum Gasteiger partial charge on any atom is -0.315 e. The van der Waals surface area contributed by atoms with Crippen molar-refractivity contribution < 1.29 is 0 Å². The van der Waals surface area contributed by atoms with Gasteiger partial charge in [-0.2, -0.15) is 0 Å². The van der Waals surface area contributed by atoms with Gasteiger partial charge in [0.05, 0.1) is 5.56 Å². The molecule has 0 fully saturated rings. The SMILES string of the molecule is CNCc1c(C)nc(-c2ccc(Cl)cc2)[nH]c1=O. The highest BCUT2D eigenvalue weighted by Gasteiger charge is 2.08. The number of aryl methyl sites for hydroxylation is 1. The number of aromatic amines is 1. The Morgan fingerprint density at radius 2 is 2.00 bits per heavy atom. The van der Waals surface area contributed by atoms with Gasteiger partial charge in [0, 0.05) is 22.8 Å². The van der Waals surface area contributed by atoms with Crippen LogP contribution in [0.25, 0.3) is 11.4 Å². The monoisotopic (exact) mass is 263 g/mol. The summed E-state index contributed by atoms with van der Waals surface area (Å²) in [6.07, 6.45) is 0. The van der Waals surface area contributed by atoms with Crippen LogP contribution in [0.2, 0.25) is 5.02 Å². The lowest BCUT2D eigenvalue weighted by Gasteiger charge is -2.07. The average molecular weight is 264 g/mol. The van der Waals surface area contributed by atoms with E-state index in [2.05, 4.69) is 15.3 Å². The van der Waals surface area contributed by atoms with Crippen LogP contribution >= 0.6 is 11.6 Å². The van der Waals surface area contributed by atoms with Crippen LogP contribution in [0.1, 0.15) is 11.3 Å². The van der Waals surface area contributed by atoms with Gasteiger partial charge in [-0.15, -0.1) is 0 Å². The first-order valence-electron chi connectivity index (χ1n) is 5.62. The lowest BCUT2D eigenvalue weighted by molar-refractivity contribution is 0.787. The number of hydrogen-bond acceptors (Lipinski definition) is 3. The molecule has 0 aliphatic heterocycles. The van der Waals surface area contributed by atoms with E-state index in [9.17, 15) is 4.79 Å². The Kier molecular flexibility index (Phi) is 3.79. The molecule has 0 aliphatic carbocycles. The summed E-state index contributed by atoms with van der Waals surface area (Å²) in [6, 6.07) is 7.21. The molecule has 0 amide bonds. The molecule has 0 atom stereocenters. The summed E-state index contributed by atoms with van der Waals surface area (Å²) in [5, 5.41) is 3.61. The normalized spacial score (nSPS) is 10.6. The minimum atomic E-state index is -0.109. The smallest absolute Gasteiger partial charge is 0.255 e. The van der Waals surface area contributed by atoms with E-state index < -0.39 is 0 Å². The summed E-state index contributed by atoms with van der Waals surface area (Å²) in [4.78, 5) is 19.1. The predicted molar refractivity (Wildman–Crippen MR) is 72.8 cm³/mol. The second-order valence-electron chi connectivity index (χ2n) is 4.02. The molecule has 18 heavy (non-hydrogen) atoms. The molecule has 0 saturated carbocycles. The molecular formula is C13H14ClN3O. The number of nitrogens with zero attached hydrogens (tertiary/aromatic N) is 1. The maximum absolute atomic E-state index is 11.9. The lowest BCUT2D eigenvalue weighted by Crippen LogP contribution is -2.21. The Balaban J connectivity index is 2.48. The Morgan fingerprint density at radius 3 is 2.56 bits per heavy atom. The number of rotatable bonds is 3. The second-order valence-corrected chi connectivity index (χ2v) is 4.45. The predicted octanol–water partition coefficient (Wildman–Crippen LogP) is 2.12. The summed E-state index contributed by atoms with van der Waals surface area (Å²) in [7, 11) is 1.80. The van der Waals surface area contributed by atoms with Crippen LogP contribution in [0.4, 0.5) is 0 Å². The van der Waals surface area contributed by atoms with Gasteiger partial charge in [0.15, 0.2) is 0 Å². The number of hydrogen-bond donors (Lipinski definition) is 2. The molecule has 1 aromatic carbocycles. The molecule has 1 aromatic heterocycles. The van der Waals surface area contributed by atoms with Crippen LogP contribution < -0.4 is 10.9 Å². The Labute approximate surface area is 110 Å². The van der Waals surface area contributed by atoms with E-state index in [4.69, 9.17) is 11.6 Å². The maximum Gasteiger partial charge on any atom is 0.255 e. The largest absolute Gasteiger partial charge is 0.315 e. The van der Waals surface area contributed by atoms with Crippen LogP contribution in [-0.4, -0.2) is 17.0 Å². The van der Waals surface area contributed by atoms with Crippen LogP contribution in [0.5, 0.6) is 0 Å². The molecule has 0 radical (unpaired) electrons. The van der Waals surface area contributed by atoms with E-state index in [1.54, 1.807) is 19.2 Å². The quantitative estimate of drug-likeness (QED) is 0.892. The first-order valence-corrected chi connectivity index (χ1v) is 6.00. The Hall–Kier alpha value is -1.65. The first-order chi connectivity index (χ1) is 8.61. The van der Waals surface area contributed by atoms with Crippen molar-refractivity contribution in [3.63, 3.8) is 0 Å². The van der Waals surface area contributed by atoms with Crippen LogP contribution in [0.3, 0.4) is 0 Å². The van der Waals surface area contributed by atoms with E-state index in [0.717, 1.165) is 11.3 Å². The molecule has 2 rings (SSSR count). The molecular weight excluding hydrogens is 250 g/mol. The fourth-order valence-corrected chi connectivity index (χ4v) is 1.87. The summed E-state index contributed by atoms with van der Waals surface area (Å²) < 4.78 is 0. The van der Waals surface area contributed by atoms with Crippen LogP contribution in [-0.2, 0) is 6.54 Å². The summed E-state index contributed by atoms with van der Waals surface area (Å²) in [5.74, 6) is 0.564. The van der Waals surface area contributed by atoms with Crippen molar-refractivity contribution in [2.24, 2.45) is 0 Å². The van der Waals surface area contributed by atoms with Crippen molar-refractivity contribution >= 4 is 11.6 Å². The van der Waals surface area contributed by atoms with Gasteiger partial charge in [0.25, 0.3) is 5.56 Å². The standard InChI is InChI=1S/C13H14ClN3O/c1-8-11(7-15-2)13(18)17-12(16-8)9-3-5-10(14)6-4-9/h3-6,15H,7H2,1-2H3,(H,16,17,18). The summed E-state index contributed by atoms with van der Waals surface area (Å²) >= 11 is 5.83. The average Bonchev–Trinajstić information content (AvgIpc) is 2.34. The van der Waals surface area contributed by atoms with Crippen molar-refractivity contribution in [3.8, 4) is 11.4 Å². The Morgan fingerprint density at radius 1 is 1.33 bits per heavy atom. The van der Waals surface area contributed by atoms with E-state index in [-0.39, 0.29) is 5.56 Å². The van der Waals surface area contributed by atoms with E-state index in [1.165, 1.54) is 0 Å². The molecule has 2 aromatic rings. The van der Waals surface area contributed by atoms with Crippen molar-refractivity contribution in [1.29, 1.82) is 0 Å². The molecule has 0 bridgehead atoms. The Bertz CT molecular complexity index is 605. The van der Waals surface area contributed by atoms with Crippen molar-refractivity contribution in [1.82, 2.24) is 15.3 Å². The van der Waals surface area contributed by atoms with Crippen LogP contribution in [0.15, 0.2) is 29.1 Å². The second kappa shape index (κ2) is 5.33. The summed E-state index contributed by atoms with van der Waals surface area (Å²) in [5.41, 5.74) is 2.13. The molecule has 2 N–H and O–H groups in total. The van der Waals surface area contributed by atoms with Gasteiger partial charge in [0.1, 0.15) is 5.82 Å². The minimum absolute atomic E-state index is 0.109. The first kappa shape index (κ1) is 12.8. The highest BCUT2D eigenvalue weighted by atomic mass is 35.5. The maximum atomic E-state index is 11.9. The highest BCUT2D eigenvalue weighted by Crippen LogP contribution is 2.17. The van der Waals surface area contributed by atoms with Gasteiger partial charge in [0.2, 0.25) is 0 Å². The topological polar surface area (TPSA) is 57.8 Å². The zero-order valence-corrected chi connectivity index (χ0v) is 11.0. The number of aromatic nitrogens is 2. The van der Waals surface area contributed by atoms with Crippen LogP contribution in [0, 0.1) is 6.92 Å². The lowest BCUT2D eigenvalue weighted by atomic mass is 10.2. The summed E-state index contributed by atoms with van der Waals surface area (Å²) in [6.45, 7) is 2.34.